The molecule has 0 saturated carbocycles. The first-order valence-corrected chi connectivity index (χ1v) is 7.81. The molecule has 0 aliphatic heterocycles. The first-order valence-electron chi connectivity index (χ1n) is 2.49. The number of carboxylic acids is 1. The SMILES string of the molecule is CC(=O)O.OP(O)(O)=S.OP(O)(O)=S. The minimum Gasteiger partial charge on any atom is -0.481 e. The van der Waals surface area contributed by atoms with Gasteiger partial charge in [-0.15, -0.1) is 0 Å². The van der Waals surface area contributed by atoms with Gasteiger partial charge in [0.05, 0.1) is 0 Å². The van der Waals surface area contributed by atoms with Crippen LogP contribution in [-0.2, 0) is 28.4 Å². The molecule has 0 heterocycles. The maximum Gasteiger partial charge on any atom is 0.319 e. The average molecular weight is 288 g/mol. The summed E-state index contributed by atoms with van der Waals surface area (Å²) in [5, 5.41) is 7.42. The fraction of sp³-hybridized carbons (Fsp3) is 0.500. The number of carboxylic acid groups (broad SMARTS) is 1. The van der Waals surface area contributed by atoms with Gasteiger partial charge < -0.3 is 34.5 Å². The number of aliphatic carboxylic acids is 1. The van der Waals surface area contributed by atoms with Gasteiger partial charge in [-0.05, 0) is 23.6 Å². The predicted octanol–water partition coefficient (Wildman–Crippen LogP) is -1.53. The molecule has 0 aromatic heterocycles. The van der Waals surface area contributed by atoms with Gasteiger partial charge in [-0.3, -0.25) is 4.79 Å². The third-order valence-electron chi connectivity index (χ3n) is 0. The summed E-state index contributed by atoms with van der Waals surface area (Å²) in [5.41, 5.74) is 0. The second-order valence-corrected chi connectivity index (χ2v) is 6.54. The highest BCUT2D eigenvalue weighted by Gasteiger charge is 1.92. The minimum absolute atomic E-state index is 0.833. The van der Waals surface area contributed by atoms with Crippen molar-refractivity contribution in [3.8, 4) is 0 Å². The summed E-state index contributed by atoms with van der Waals surface area (Å²) in [6.45, 7) is -6.53. The van der Waals surface area contributed by atoms with E-state index in [1.807, 2.05) is 0 Å². The summed E-state index contributed by atoms with van der Waals surface area (Å²) in [7, 11) is 0. The zero-order chi connectivity index (χ0) is 12.6. The molecule has 14 heavy (non-hydrogen) atoms. The van der Waals surface area contributed by atoms with Crippen molar-refractivity contribution in [1.82, 2.24) is 0 Å². The lowest BCUT2D eigenvalue weighted by Gasteiger charge is -1.88. The molecule has 0 rings (SSSR count). The first-order chi connectivity index (χ1) is 5.73. The maximum atomic E-state index is 9.00. The van der Waals surface area contributed by atoms with Crippen molar-refractivity contribution < 1.29 is 39.3 Å². The summed E-state index contributed by atoms with van der Waals surface area (Å²) in [6, 6.07) is 0. The van der Waals surface area contributed by atoms with Crippen molar-refractivity contribution >= 4 is 43.0 Å². The molecule has 12 heteroatoms. The minimum atomic E-state index is -3.81. The summed E-state index contributed by atoms with van der Waals surface area (Å²) >= 11 is 7.21. The maximum absolute atomic E-state index is 9.00. The monoisotopic (exact) mass is 288 g/mol. The van der Waals surface area contributed by atoms with E-state index in [2.05, 4.69) is 23.6 Å². The van der Waals surface area contributed by atoms with Gasteiger partial charge in [-0.2, -0.15) is 0 Å². The van der Waals surface area contributed by atoms with Gasteiger partial charge in [-0.1, -0.05) is 0 Å². The van der Waals surface area contributed by atoms with Crippen LogP contribution in [0.1, 0.15) is 6.92 Å². The highest BCUT2D eigenvalue weighted by molar-refractivity contribution is 8.06. The standard InChI is InChI=1S/C2H4O2.2H3O3PS/c1-2(3)4;2*1-4(2,3)5/h1H3,(H,3,4);2*(H3,1,2,3,5). The van der Waals surface area contributed by atoms with E-state index in [9.17, 15) is 0 Å². The molecular weight excluding hydrogens is 278 g/mol. The molecule has 0 atom stereocenters. The molecule has 0 spiro atoms. The van der Waals surface area contributed by atoms with Crippen molar-refractivity contribution in [3.05, 3.63) is 0 Å². The van der Waals surface area contributed by atoms with Gasteiger partial charge >= 0.3 is 13.4 Å². The van der Waals surface area contributed by atoms with Crippen LogP contribution in [0.3, 0.4) is 0 Å². The topological polar surface area (TPSA) is 159 Å². The Morgan fingerprint density at radius 3 is 0.929 bits per heavy atom. The van der Waals surface area contributed by atoms with Crippen molar-refractivity contribution in [2.45, 2.75) is 6.92 Å². The predicted molar refractivity (Wildman–Crippen MR) is 55.2 cm³/mol. The molecule has 0 saturated heterocycles. The van der Waals surface area contributed by atoms with Crippen LogP contribution in [-0.4, -0.2) is 40.4 Å². The summed E-state index contributed by atoms with van der Waals surface area (Å²) < 4.78 is 0. The lowest BCUT2D eigenvalue weighted by atomic mass is 10.9. The Labute approximate surface area is 89.6 Å². The number of carbonyl (C=O) groups is 1. The van der Waals surface area contributed by atoms with Crippen LogP contribution < -0.4 is 0 Å². The van der Waals surface area contributed by atoms with Gasteiger partial charge in [0.2, 0.25) is 0 Å². The lowest BCUT2D eigenvalue weighted by molar-refractivity contribution is -0.134. The molecule has 7 N–H and O–H groups in total. The lowest BCUT2D eigenvalue weighted by Crippen LogP contribution is -1.78. The van der Waals surface area contributed by atoms with Gasteiger partial charge in [-0.25, -0.2) is 0 Å². The molecule has 0 aromatic carbocycles. The molecule has 88 valence electrons. The Morgan fingerprint density at radius 1 is 0.929 bits per heavy atom. The smallest absolute Gasteiger partial charge is 0.319 e. The highest BCUT2D eigenvalue weighted by atomic mass is 32.5. The molecule has 0 aromatic rings. The molecule has 0 radical (unpaired) electrons. The van der Waals surface area contributed by atoms with Crippen molar-refractivity contribution in [3.63, 3.8) is 0 Å². The largest absolute Gasteiger partial charge is 0.481 e. The molecule has 0 fully saturated rings. The fourth-order valence-electron chi connectivity index (χ4n) is 0. The summed E-state index contributed by atoms with van der Waals surface area (Å²) in [5.74, 6) is -0.833. The quantitative estimate of drug-likeness (QED) is 0.260. The molecule has 0 amide bonds. The molecule has 0 unspecified atom stereocenters. The van der Waals surface area contributed by atoms with E-state index in [0.717, 1.165) is 6.92 Å². The summed E-state index contributed by atoms with van der Waals surface area (Å²) in [6.07, 6.45) is 0. The van der Waals surface area contributed by atoms with Crippen LogP contribution in [0.5, 0.6) is 0 Å². The van der Waals surface area contributed by atoms with Gasteiger partial charge in [0.25, 0.3) is 5.97 Å². The fourth-order valence-corrected chi connectivity index (χ4v) is 0. The van der Waals surface area contributed by atoms with E-state index in [1.165, 1.54) is 0 Å². The Kier molecular flexibility index (Phi) is 12.6. The van der Waals surface area contributed by atoms with Crippen LogP contribution in [0.4, 0.5) is 0 Å². The van der Waals surface area contributed by atoms with E-state index < -0.39 is 19.4 Å². The number of rotatable bonds is 0. The second kappa shape index (κ2) is 8.81. The number of hydrogen-bond acceptors (Lipinski definition) is 3. The van der Waals surface area contributed by atoms with Crippen LogP contribution in [0.2, 0.25) is 0 Å². The van der Waals surface area contributed by atoms with E-state index in [-0.39, 0.29) is 0 Å². The second-order valence-electron chi connectivity index (χ2n) is 1.55. The van der Waals surface area contributed by atoms with E-state index >= 15 is 0 Å². The van der Waals surface area contributed by atoms with Crippen LogP contribution >= 0.6 is 13.4 Å². The Hall–Kier alpha value is 0.530. The van der Waals surface area contributed by atoms with Crippen LogP contribution in [0, 0.1) is 0 Å². The molecule has 0 aliphatic carbocycles. The Morgan fingerprint density at radius 2 is 0.929 bits per heavy atom. The van der Waals surface area contributed by atoms with Gasteiger partial charge in [0, 0.05) is 6.92 Å². The van der Waals surface area contributed by atoms with E-state index in [4.69, 9.17) is 39.3 Å². The third-order valence-corrected chi connectivity index (χ3v) is 0. The summed E-state index contributed by atoms with van der Waals surface area (Å²) in [4.78, 5) is 54.3. The normalized spacial score (nSPS) is 10.2. The van der Waals surface area contributed by atoms with Crippen LogP contribution in [0.25, 0.3) is 0 Å². The Bertz CT molecular complexity index is 199. The van der Waals surface area contributed by atoms with Crippen molar-refractivity contribution in [2.24, 2.45) is 0 Å². The molecule has 8 nitrogen and oxygen atoms in total. The zero-order valence-electron chi connectivity index (χ0n) is 6.75. The third kappa shape index (κ3) is 5930. The molecular formula is C2H10O8P2S2. The molecule has 0 aliphatic rings. The van der Waals surface area contributed by atoms with Gasteiger partial charge in [0.1, 0.15) is 0 Å². The van der Waals surface area contributed by atoms with E-state index in [1.54, 1.807) is 0 Å². The highest BCUT2D eigenvalue weighted by Crippen LogP contribution is 2.26. The van der Waals surface area contributed by atoms with Gasteiger partial charge in [0.15, 0.2) is 0 Å². The average Bonchev–Trinajstić information content (AvgIpc) is 1.45. The van der Waals surface area contributed by atoms with Crippen LogP contribution in [0.15, 0.2) is 0 Å². The van der Waals surface area contributed by atoms with Crippen molar-refractivity contribution in [2.75, 3.05) is 0 Å². The van der Waals surface area contributed by atoms with Crippen molar-refractivity contribution in [1.29, 1.82) is 0 Å². The zero-order valence-corrected chi connectivity index (χ0v) is 10.2. The van der Waals surface area contributed by atoms with E-state index in [0.29, 0.717) is 0 Å². The molecule has 0 bridgehead atoms. The first kappa shape index (κ1) is 20.0. The Balaban J connectivity index is -0.000000131. The number of hydrogen-bond donors (Lipinski definition) is 7.